The molecule has 1 unspecified atom stereocenters. The quantitative estimate of drug-likeness (QED) is 0.623. The maximum Gasteiger partial charge on any atom is 0.302 e. The van der Waals surface area contributed by atoms with Crippen LogP contribution in [0.4, 0.5) is 5.69 Å². The van der Waals surface area contributed by atoms with E-state index < -0.39 is 6.10 Å². The van der Waals surface area contributed by atoms with Crippen LogP contribution in [0.1, 0.15) is 18.9 Å². The molecule has 1 aromatic rings. The first kappa shape index (κ1) is 20.6. The number of amides is 1. The van der Waals surface area contributed by atoms with E-state index in [1.807, 2.05) is 18.2 Å². The Labute approximate surface area is 165 Å². The minimum atomic E-state index is -0.585. The van der Waals surface area contributed by atoms with Crippen molar-refractivity contribution in [3.8, 4) is 5.75 Å². The molecule has 0 aliphatic carbocycles. The number of β-amino-alcohol motifs (C(OH)–C–C–N with tert-alkyl or cyclic N) is 1. The fraction of sp³-hybridized carbons (Fsp3) is 0.600. The molecule has 0 radical (unpaired) electrons. The van der Waals surface area contributed by atoms with Crippen LogP contribution in [0, 0.1) is 0 Å². The number of esters is 1. The van der Waals surface area contributed by atoms with Crippen LogP contribution in [-0.2, 0) is 20.7 Å². The summed E-state index contributed by atoms with van der Waals surface area (Å²) < 4.78 is 10.7. The minimum absolute atomic E-state index is 0.0247. The van der Waals surface area contributed by atoms with Crippen LogP contribution in [0.15, 0.2) is 18.2 Å². The molecular weight excluding hydrogens is 362 g/mol. The topological polar surface area (TPSA) is 91.3 Å². The lowest BCUT2D eigenvalue weighted by Crippen LogP contribution is -2.49. The van der Waals surface area contributed by atoms with E-state index in [1.54, 1.807) is 0 Å². The summed E-state index contributed by atoms with van der Waals surface area (Å²) in [5.41, 5.74) is 1.91. The van der Waals surface area contributed by atoms with Crippen molar-refractivity contribution in [3.05, 3.63) is 23.8 Å². The molecule has 1 aromatic carbocycles. The van der Waals surface area contributed by atoms with Crippen LogP contribution < -0.4 is 10.1 Å². The molecule has 0 bridgehead atoms. The Morgan fingerprint density at radius 2 is 1.96 bits per heavy atom. The average Bonchev–Trinajstić information content (AvgIpc) is 2.67. The molecule has 3 rings (SSSR count). The van der Waals surface area contributed by atoms with Gasteiger partial charge in [-0.15, -0.1) is 0 Å². The summed E-state index contributed by atoms with van der Waals surface area (Å²) in [6.45, 7) is 6.85. The van der Waals surface area contributed by atoms with Gasteiger partial charge in [-0.1, -0.05) is 6.07 Å². The van der Waals surface area contributed by atoms with Crippen molar-refractivity contribution in [1.29, 1.82) is 0 Å². The highest BCUT2D eigenvalue weighted by Crippen LogP contribution is 2.27. The number of aryl methyl sites for hydroxylation is 1. The molecule has 1 fully saturated rings. The van der Waals surface area contributed by atoms with Crippen molar-refractivity contribution in [3.63, 3.8) is 0 Å². The third-order valence-electron chi connectivity index (χ3n) is 5.07. The number of anilines is 1. The number of carbonyl (C=O) groups is 2. The maximum atomic E-state index is 11.5. The predicted molar refractivity (Wildman–Crippen MR) is 104 cm³/mol. The number of hydrogen-bond acceptors (Lipinski definition) is 7. The van der Waals surface area contributed by atoms with Gasteiger partial charge in [-0.3, -0.25) is 19.4 Å². The van der Waals surface area contributed by atoms with E-state index in [9.17, 15) is 14.7 Å². The van der Waals surface area contributed by atoms with Gasteiger partial charge in [0, 0.05) is 64.4 Å². The Morgan fingerprint density at radius 3 is 2.71 bits per heavy atom. The van der Waals surface area contributed by atoms with Crippen LogP contribution in [-0.4, -0.2) is 85.4 Å². The SMILES string of the molecule is CC(=O)OCCN1CCN(CC(O)COc2ccc3c(c2)NC(=O)CC3)CC1. The lowest BCUT2D eigenvalue weighted by atomic mass is 10.0. The summed E-state index contributed by atoms with van der Waals surface area (Å²) in [7, 11) is 0. The van der Waals surface area contributed by atoms with Gasteiger partial charge in [-0.2, -0.15) is 0 Å². The lowest BCUT2D eigenvalue weighted by Gasteiger charge is -2.35. The van der Waals surface area contributed by atoms with Crippen molar-refractivity contribution in [2.45, 2.75) is 25.9 Å². The zero-order valence-corrected chi connectivity index (χ0v) is 16.4. The number of rotatable bonds is 8. The molecule has 2 aliphatic heterocycles. The number of nitrogens with zero attached hydrogens (tertiary/aromatic N) is 2. The highest BCUT2D eigenvalue weighted by Gasteiger charge is 2.20. The van der Waals surface area contributed by atoms with E-state index in [4.69, 9.17) is 9.47 Å². The fourth-order valence-corrected chi connectivity index (χ4v) is 3.50. The number of carbonyl (C=O) groups excluding carboxylic acids is 2. The number of hydrogen-bond donors (Lipinski definition) is 2. The number of nitrogens with one attached hydrogen (secondary N) is 1. The molecule has 154 valence electrons. The summed E-state index contributed by atoms with van der Waals surface area (Å²) in [5.74, 6) is 0.426. The van der Waals surface area contributed by atoms with Gasteiger partial charge in [-0.05, 0) is 18.1 Å². The molecule has 8 nitrogen and oxygen atoms in total. The van der Waals surface area contributed by atoms with Crippen LogP contribution in [0.25, 0.3) is 0 Å². The zero-order chi connectivity index (χ0) is 19.9. The smallest absolute Gasteiger partial charge is 0.302 e. The first-order valence-electron chi connectivity index (χ1n) is 9.81. The third kappa shape index (κ3) is 6.19. The Hall–Kier alpha value is -2.16. The molecule has 28 heavy (non-hydrogen) atoms. The number of piperazine rings is 1. The van der Waals surface area contributed by atoms with Gasteiger partial charge in [-0.25, -0.2) is 0 Å². The van der Waals surface area contributed by atoms with Crippen LogP contribution in [0.2, 0.25) is 0 Å². The van der Waals surface area contributed by atoms with E-state index >= 15 is 0 Å². The highest BCUT2D eigenvalue weighted by molar-refractivity contribution is 5.94. The number of benzene rings is 1. The molecule has 1 amide bonds. The van der Waals surface area contributed by atoms with Crippen LogP contribution in [0.5, 0.6) is 5.75 Å². The van der Waals surface area contributed by atoms with E-state index in [0.29, 0.717) is 25.3 Å². The maximum absolute atomic E-state index is 11.5. The second kappa shape index (κ2) is 9.86. The molecule has 8 heteroatoms. The lowest BCUT2D eigenvalue weighted by molar-refractivity contribution is -0.141. The Kier molecular flexibility index (Phi) is 7.24. The fourth-order valence-electron chi connectivity index (χ4n) is 3.50. The Bertz CT molecular complexity index is 688. The molecule has 1 saturated heterocycles. The minimum Gasteiger partial charge on any atom is -0.491 e. The van der Waals surface area contributed by atoms with Crippen LogP contribution in [0.3, 0.4) is 0 Å². The van der Waals surface area contributed by atoms with Gasteiger partial charge >= 0.3 is 5.97 Å². The van der Waals surface area contributed by atoms with Crippen molar-refractivity contribution < 1.29 is 24.2 Å². The summed E-state index contributed by atoms with van der Waals surface area (Å²) in [4.78, 5) is 26.8. The highest BCUT2D eigenvalue weighted by atomic mass is 16.5. The van der Waals surface area contributed by atoms with Gasteiger partial charge in [0.25, 0.3) is 0 Å². The monoisotopic (exact) mass is 391 g/mol. The molecule has 2 aliphatic rings. The van der Waals surface area contributed by atoms with Crippen molar-refractivity contribution in [1.82, 2.24) is 9.80 Å². The molecule has 0 saturated carbocycles. The normalized spacial score (nSPS) is 18.9. The Balaban J connectivity index is 1.36. The van der Waals surface area contributed by atoms with E-state index in [-0.39, 0.29) is 18.5 Å². The predicted octanol–water partition coefficient (Wildman–Crippen LogP) is 0.492. The molecule has 2 heterocycles. The number of aliphatic hydroxyl groups is 1. The number of aliphatic hydroxyl groups excluding tert-OH is 1. The molecule has 0 aromatic heterocycles. The van der Waals surface area contributed by atoms with Gasteiger partial charge in [0.15, 0.2) is 0 Å². The second-order valence-electron chi connectivity index (χ2n) is 7.31. The number of ether oxygens (including phenoxy) is 2. The molecule has 2 N–H and O–H groups in total. The summed E-state index contributed by atoms with van der Waals surface area (Å²) in [6.07, 6.45) is 0.679. The molecule has 0 spiro atoms. The van der Waals surface area contributed by atoms with Crippen LogP contribution >= 0.6 is 0 Å². The standard InChI is InChI=1S/C20H29N3O5/c1-15(24)27-11-10-22-6-8-23(9-7-22)13-17(25)14-28-18-4-2-16-3-5-20(26)21-19(16)12-18/h2,4,12,17,25H,3,5-11,13-14H2,1H3,(H,21,26). The summed E-state index contributed by atoms with van der Waals surface area (Å²) in [6, 6.07) is 5.66. The second-order valence-corrected chi connectivity index (χ2v) is 7.31. The third-order valence-corrected chi connectivity index (χ3v) is 5.07. The largest absolute Gasteiger partial charge is 0.491 e. The molecular formula is C20H29N3O5. The average molecular weight is 391 g/mol. The van der Waals surface area contributed by atoms with Gasteiger partial charge in [0.2, 0.25) is 5.91 Å². The summed E-state index contributed by atoms with van der Waals surface area (Å²) in [5, 5.41) is 13.2. The first-order valence-corrected chi connectivity index (χ1v) is 9.81. The zero-order valence-electron chi connectivity index (χ0n) is 16.4. The van der Waals surface area contributed by atoms with E-state index in [0.717, 1.165) is 50.4 Å². The van der Waals surface area contributed by atoms with Crippen molar-refractivity contribution in [2.75, 3.05) is 57.8 Å². The van der Waals surface area contributed by atoms with Gasteiger partial charge in [0.05, 0.1) is 0 Å². The molecule has 1 atom stereocenters. The van der Waals surface area contributed by atoms with Crippen molar-refractivity contribution >= 4 is 17.6 Å². The van der Waals surface area contributed by atoms with E-state index in [1.165, 1.54) is 6.92 Å². The Morgan fingerprint density at radius 1 is 1.21 bits per heavy atom. The number of fused-ring (bicyclic) bond motifs is 1. The first-order chi connectivity index (χ1) is 13.5. The van der Waals surface area contributed by atoms with Gasteiger partial charge < -0.3 is 19.9 Å². The van der Waals surface area contributed by atoms with Gasteiger partial charge in [0.1, 0.15) is 25.1 Å². The van der Waals surface area contributed by atoms with Crippen molar-refractivity contribution in [2.24, 2.45) is 0 Å². The van der Waals surface area contributed by atoms with E-state index in [2.05, 4.69) is 15.1 Å². The summed E-state index contributed by atoms with van der Waals surface area (Å²) >= 11 is 0.